The fourth-order valence-corrected chi connectivity index (χ4v) is 4.98. The van der Waals surface area contributed by atoms with Crippen LogP contribution in [0.1, 0.15) is 42.1 Å². The SMILES string of the molecule is CCOC(=O)C1=C(C)NC(=O)N[C@@H]1c1ccc(OCC(=O)N/N=C/c2cc(Cl)cc(Cl)c2OCc2ccc(C#N)cc2)c(OC)c1. The van der Waals surface area contributed by atoms with Crippen LogP contribution in [0, 0.1) is 11.3 Å². The zero-order valence-electron chi connectivity index (χ0n) is 25.0. The number of carbonyl (C=O) groups is 3. The van der Waals surface area contributed by atoms with Gasteiger partial charge in [0.1, 0.15) is 12.4 Å². The molecule has 14 heteroatoms. The molecule has 0 bridgehead atoms. The predicted molar refractivity (Wildman–Crippen MR) is 170 cm³/mol. The van der Waals surface area contributed by atoms with E-state index >= 15 is 0 Å². The van der Waals surface area contributed by atoms with Gasteiger partial charge < -0.3 is 29.6 Å². The Kier molecular flexibility index (Phi) is 11.4. The van der Waals surface area contributed by atoms with E-state index in [2.05, 4.69) is 27.2 Å². The van der Waals surface area contributed by atoms with Crippen molar-refractivity contribution in [3.05, 3.63) is 98.2 Å². The third-order valence-electron chi connectivity index (χ3n) is 6.54. The Balaban J connectivity index is 1.41. The van der Waals surface area contributed by atoms with E-state index in [0.717, 1.165) is 5.56 Å². The maximum atomic E-state index is 12.6. The van der Waals surface area contributed by atoms with Crippen LogP contribution < -0.4 is 30.3 Å². The number of carbonyl (C=O) groups excluding carboxylic acids is 3. The third kappa shape index (κ3) is 8.47. The second-order valence-corrected chi connectivity index (χ2v) is 10.5. The molecule has 1 aliphatic heterocycles. The number of nitrogens with zero attached hydrogens (tertiary/aromatic N) is 2. The van der Waals surface area contributed by atoms with Gasteiger partial charge in [0.25, 0.3) is 5.91 Å². The van der Waals surface area contributed by atoms with Crippen LogP contribution >= 0.6 is 23.2 Å². The summed E-state index contributed by atoms with van der Waals surface area (Å²) >= 11 is 12.5. The molecule has 3 aromatic carbocycles. The van der Waals surface area contributed by atoms with Gasteiger partial charge in [0.15, 0.2) is 18.1 Å². The lowest BCUT2D eigenvalue weighted by Gasteiger charge is -2.28. The minimum absolute atomic E-state index is 0.165. The van der Waals surface area contributed by atoms with Crippen molar-refractivity contribution in [3.63, 3.8) is 0 Å². The van der Waals surface area contributed by atoms with E-state index in [1.165, 1.54) is 19.4 Å². The number of ether oxygens (including phenoxy) is 4. The topological polar surface area (TPSA) is 160 Å². The maximum Gasteiger partial charge on any atom is 0.338 e. The Bertz CT molecular complexity index is 1740. The van der Waals surface area contributed by atoms with Crippen molar-refractivity contribution in [1.82, 2.24) is 16.1 Å². The number of amides is 3. The number of methoxy groups -OCH3 is 1. The molecule has 3 N–H and O–H groups in total. The number of halogens is 2. The molecule has 3 aromatic rings. The number of urea groups is 1. The van der Waals surface area contributed by atoms with Gasteiger partial charge in [-0.3, -0.25) is 4.79 Å². The first-order valence-corrected chi connectivity index (χ1v) is 14.6. The second-order valence-electron chi connectivity index (χ2n) is 9.69. The molecule has 4 rings (SSSR count). The lowest BCUT2D eigenvalue weighted by Crippen LogP contribution is -2.45. The Morgan fingerprint density at radius 3 is 2.54 bits per heavy atom. The molecule has 0 unspecified atom stereocenters. The number of hydrazone groups is 1. The molecular weight excluding hydrogens is 637 g/mol. The van der Waals surface area contributed by atoms with Gasteiger partial charge >= 0.3 is 12.0 Å². The minimum atomic E-state index is -0.800. The first-order valence-electron chi connectivity index (χ1n) is 13.8. The highest BCUT2D eigenvalue weighted by Gasteiger charge is 2.32. The summed E-state index contributed by atoms with van der Waals surface area (Å²) in [5.41, 5.74) is 5.29. The third-order valence-corrected chi connectivity index (χ3v) is 7.04. The Morgan fingerprint density at radius 2 is 1.85 bits per heavy atom. The Labute approximate surface area is 274 Å². The standard InChI is InChI=1S/C32H29Cl2N5O7/c1-4-44-31(41)28-18(2)37-32(42)38-29(28)21-9-10-25(26(12-21)43-3)45-17-27(40)39-36-15-22-11-23(33)13-24(34)30(22)46-16-20-7-5-19(14-35)6-8-20/h5-13,15,29H,4,16-17H2,1-3H3,(H,39,40)(H2,37,38,42)/b36-15+/t29-/m1/s1. The first kappa shape index (κ1) is 33.6. The highest BCUT2D eigenvalue weighted by atomic mass is 35.5. The monoisotopic (exact) mass is 665 g/mol. The zero-order valence-corrected chi connectivity index (χ0v) is 26.5. The largest absolute Gasteiger partial charge is 0.493 e. The summed E-state index contributed by atoms with van der Waals surface area (Å²) in [4.78, 5) is 37.3. The lowest BCUT2D eigenvalue weighted by atomic mass is 9.95. The maximum absolute atomic E-state index is 12.6. The molecule has 0 fully saturated rings. The molecule has 1 atom stereocenters. The Morgan fingerprint density at radius 1 is 1.09 bits per heavy atom. The van der Waals surface area contributed by atoms with Crippen LogP contribution in [-0.2, 0) is 20.9 Å². The molecule has 3 amide bonds. The summed E-state index contributed by atoms with van der Waals surface area (Å²) < 4.78 is 22.2. The summed E-state index contributed by atoms with van der Waals surface area (Å²) in [5, 5.41) is 18.9. The molecular formula is C32H29Cl2N5O7. The highest BCUT2D eigenvalue weighted by Crippen LogP contribution is 2.35. The molecule has 0 aromatic heterocycles. The Hall–Kier alpha value is -5.25. The van der Waals surface area contributed by atoms with Crippen LogP contribution in [0.3, 0.4) is 0 Å². The van der Waals surface area contributed by atoms with E-state index in [9.17, 15) is 14.4 Å². The average Bonchev–Trinajstić information content (AvgIpc) is 3.03. The van der Waals surface area contributed by atoms with Gasteiger partial charge in [-0.1, -0.05) is 41.4 Å². The highest BCUT2D eigenvalue weighted by molar-refractivity contribution is 6.36. The number of allylic oxidation sites excluding steroid dienone is 1. The van der Waals surface area contributed by atoms with E-state index in [1.54, 1.807) is 62.4 Å². The summed E-state index contributed by atoms with van der Waals surface area (Å²) in [6.07, 6.45) is 1.34. The second kappa shape index (κ2) is 15.7. The fraction of sp³-hybridized carbons (Fsp3) is 0.219. The number of nitrogens with one attached hydrogen (secondary N) is 3. The van der Waals surface area contributed by atoms with Gasteiger partial charge in [-0.25, -0.2) is 15.0 Å². The molecule has 0 saturated heterocycles. The molecule has 1 heterocycles. The van der Waals surface area contributed by atoms with Crippen molar-refractivity contribution in [2.45, 2.75) is 26.5 Å². The van der Waals surface area contributed by atoms with E-state index < -0.39 is 30.6 Å². The lowest BCUT2D eigenvalue weighted by molar-refractivity contribution is -0.139. The van der Waals surface area contributed by atoms with Crippen molar-refractivity contribution >= 4 is 47.3 Å². The summed E-state index contributed by atoms with van der Waals surface area (Å²) in [5.74, 6) is -0.344. The van der Waals surface area contributed by atoms with Crippen LogP contribution in [0.4, 0.5) is 4.79 Å². The van der Waals surface area contributed by atoms with Crippen molar-refractivity contribution in [2.75, 3.05) is 20.3 Å². The molecule has 0 saturated carbocycles. The van der Waals surface area contributed by atoms with Crippen molar-refractivity contribution < 1.29 is 33.3 Å². The van der Waals surface area contributed by atoms with Gasteiger partial charge in [-0.15, -0.1) is 0 Å². The molecule has 1 aliphatic rings. The van der Waals surface area contributed by atoms with Crippen molar-refractivity contribution in [3.8, 4) is 23.3 Å². The first-order chi connectivity index (χ1) is 22.1. The number of esters is 1. The van der Waals surface area contributed by atoms with Crippen LogP contribution in [0.25, 0.3) is 0 Å². The van der Waals surface area contributed by atoms with E-state index in [1.807, 2.05) is 0 Å². The summed E-state index contributed by atoms with van der Waals surface area (Å²) in [6, 6.07) is 15.6. The molecule has 238 valence electrons. The smallest absolute Gasteiger partial charge is 0.338 e. The van der Waals surface area contributed by atoms with Crippen LogP contribution in [0.2, 0.25) is 10.0 Å². The quantitative estimate of drug-likeness (QED) is 0.136. The van der Waals surface area contributed by atoms with Gasteiger partial charge in [-0.2, -0.15) is 10.4 Å². The molecule has 0 aliphatic carbocycles. The summed E-state index contributed by atoms with van der Waals surface area (Å²) in [6.45, 7) is 3.22. The molecule has 0 radical (unpaired) electrons. The molecule has 0 spiro atoms. The number of rotatable bonds is 12. The van der Waals surface area contributed by atoms with E-state index in [-0.39, 0.29) is 35.3 Å². The average molecular weight is 667 g/mol. The number of nitriles is 1. The van der Waals surface area contributed by atoms with Crippen LogP contribution in [-0.4, -0.2) is 44.4 Å². The van der Waals surface area contributed by atoms with Gasteiger partial charge in [0.2, 0.25) is 0 Å². The zero-order chi connectivity index (χ0) is 33.2. The summed E-state index contributed by atoms with van der Waals surface area (Å²) in [7, 11) is 1.42. The minimum Gasteiger partial charge on any atom is -0.493 e. The van der Waals surface area contributed by atoms with Gasteiger partial charge in [-0.05, 0) is 61.4 Å². The molecule has 46 heavy (non-hydrogen) atoms. The van der Waals surface area contributed by atoms with Gasteiger partial charge in [0, 0.05) is 16.3 Å². The number of hydrogen-bond acceptors (Lipinski definition) is 9. The number of hydrogen-bond donors (Lipinski definition) is 3. The van der Waals surface area contributed by atoms with Crippen molar-refractivity contribution in [1.29, 1.82) is 5.26 Å². The van der Waals surface area contributed by atoms with E-state index in [0.29, 0.717) is 33.2 Å². The van der Waals surface area contributed by atoms with Crippen LogP contribution in [0.5, 0.6) is 17.2 Å². The fourth-order valence-electron chi connectivity index (χ4n) is 4.42. The predicted octanol–water partition coefficient (Wildman–Crippen LogP) is 5.17. The normalized spacial score (nSPS) is 14.2. The van der Waals surface area contributed by atoms with Gasteiger partial charge in [0.05, 0.1) is 48.2 Å². The van der Waals surface area contributed by atoms with Crippen molar-refractivity contribution in [2.24, 2.45) is 5.10 Å². The van der Waals surface area contributed by atoms with E-state index in [4.69, 9.17) is 47.4 Å². The van der Waals surface area contributed by atoms with Crippen LogP contribution in [0.15, 0.2) is 71.0 Å². The number of benzene rings is 3. The molecule has 12 nitrogen and oxygen atoms in total.